The van der Waals surface area contributed by atoms with Gasteiger partial charge in [0.15, 0.2) is 0 Å². The van der Waals surface area contributed by atoms with Gasteiger partial charge in [0.2, 0.25) is 0 Å². The fraction of sp³-hybridized carbons (Fsp3) is 0.923. The van der Waals surface area contributed by atoms with Crippen LogP contribution in [0.25, 0.3) is 0 Å². The lowest BCUT2D eigenvalue weighted by atomic mass is 9.94. The van der Waals surface area contributed by atoms with Crippen molar-refractivity contribution in [2.24, 2.45) is 5.73 Å². The van der Waals surface area contributed by atoms with Crippen molar-refractivity contribution in [3.8, 4) is 6.07 Å². The van der Waals surface area contributed by atoms with Gasteiger partial charge in [-0.1, -0.05) is 20.3 Å². The average Bonchev–Trinajstić information content (AvgIpc) is 2.36. The molecule has 0 aliphatic carbocycles. The zero-order valence-electron chi connectivity index (χ0n) is 11.2. The highest BCUT2D eigenvalue weighted by molar-refractivity contribution is 5.03. The molecule has 1 unspecified atom stereocenters. The van der Waals surface area contributed by atoms with E-state index in [0.717, 1.165) is 25.9 Å². The number of hydrogen-bond acceptors (Lipinski definition) is 4. The number of ether oxygens (including phenoxy) is 2. The molecule has 4 heteroatoms. The molecule has 2 N–H and O–H groups in total. The van der Waals surface area contributed by atoms with E-state index in [1.54, 1.807) is 0 Å². The first-order valence-electron chi connectivity index (χ1n) is 6.54. The van der Waals surface area contributed by atoms with Crippen LogP contribution in [0.1, 0.15) is 46.0 Å². The second-order valence-corrected chi connectivity index (χ2v) is 4.30. The minimum atomic E-state index is -0.680. The molecule has 0 heterocycles. The van der Waals surface area contributed by atoms with Crippen molar-refractivity contribution in [1.82, 2.24) is 0 Å². The second-order valence-electron chi connectivity index (χ2n) is 4.30. The van der Waals surface area contributed by atoms with Crippen molar-refractivity contribution in [1.29, 1.82) is 5.26 Å². The van der Waals surface area contributed by atoms with Crippen LogP contribution in [0, 0.1) is 11.3 Å². The van der Waals surface area contributed by atoms with Crippen molar-refractivity contribution in [3.63, 3.8) is 0 Å². The van der Waals surface area contributed by atoms with Crippen LogP contribution >= 0.6 is 0 Å². The van der Waals surface area contributed by atoms with Crippen LogP contribution in [-0.2, 0) is 9.47 Å². The largest absolute Gasteiger partial charge is 0.379 e. The topological polar surface area (TPSA) is 68.3 Å². The molecule has 0 bridgehead atoms. The van der Waals surface area contributed by atoms with Gasteiger partial charge in [-0.3, -0.25) is 0 Å². The monoisotopic (exact) mass is 242 g/mol. The summed E-state index contributed by atoms with van der Waals surface area (Å²) in [5.74, 6) is 0. The van der Waals surface area contributed by atoms with E-state index in [0.29, 0.717) is 32.7 Å². The molecule has 0 aliphatic heterocycles. The molecule has 0 aromatic rings. The maximum absolute atomic E-state index is 8.87. The average molecular weight is 242 g/mol. The summed E-state index contributed by atoms with van der Waals surface area (Å²) in [4.78, 5) is 0. The lowest BCUT2D eigenvalue weighted by molar-refractivity contribution is 0.0444. The molecule has 4 nitrogen and oxygen atoms in total. The van der Waals surface area contributed by atoms with Crippen molar-refractivity contribution < 1.29 is 9.47 Å². The molecule has 0 radical (unpaired) electrons. The Balaban J connectivity index is 3.27. The van der Waals surface area contributed by atoms with E-state index in [1.165, 1.54) is 0 Å². The van der Waals surface area contributed by atoms with Gasteiger partial charge in [0, 0.05) is 13.2 Å². The van der Waals surface area contributed by atoms with Gasteiger partial charge in [-0.2, -0.15) is 5.26 Å². The van der Waals surface area contributed by atoms with Gasteiger partial charge in [0.25, 0.3) is 0 Å². The molecule has 0 saturated carbocycles. The molecule has 0 amide bonds. The Morgan fingerprint density at radius 1 is 1.06 bits per heavy atom. The molecule has 17 heavy (non-hydrogen) atoms. The van der Waals surface area contributed by atoms with Crippen LogP contribution in [0.5, 0.6) is 0 Å². The summed E-state index contributed by atoms with van der Waals surface area (Å²) in [5.41, 5.74) is 5.17. The molecular formula is C13H26N2O2. The van der Waals surface area contributed by atoms with Gasteiger partial charge in [-0.25, -0.2) is 0 Å². The van der Waals surface area contributed by atoms with E-state index in [9.17, 15) is 0 Å². The Labute approximate surface area is 105 Å². The molecule has 0 spiro atoms. The summed E-state index contributed by atoms with van der Waals surface area (Å²) in [6, 6.07) is 2.15. The quantitative estimate of drug-likeness (QED) is 0.564. The van der Waals surface area contributed by atoms with Gasteiger partial charge in [-0.15, -0.1) is 0 Å². The number of rotatable bonds is 11. The van der Waals surface area contributed by atoms with Crippen molar-refractivity contribution in [2.45, 2.75) is 51.5 Å². The zero-order chi connectivity index (χ0) is 13.0. The van der Waals surface area contributed by atoms with Crippen LogP contribution in [-0.4, -0.2) is 32.0 Å². The molecule has 0 saturated heterocycles. The lowest BCUT2D eigenvalue weighted by Gasteiger charge is -2.18. The first-order valence-corrected chi connectivity index (χ1v) is 6.54. The third-order valence-electron chi connectivity index (χ3n) is 2.78. The van der Waals surface area contributed by atoms with E-state index in [1.807, 2.05) is 6.92 Å². The zero-order valence-corrected chi connectivity index (χ0v) is 11.2. The maximum atomic E-state index is 8.87. The van der Waals surface area contributed by atoms with Crippen LogP contribution in [0.4, 0.5) is 0 Å². The summed E-state index contributed by atoms with van der Waals surface area (Å²) in [6.45, 7) is 6.82. The minimum Gasteiger partial charge on any atom is -0.379 e. The highest BCUT2D eigenvalue weighted by atomic mass is 16.5. The Kier molecular flexibility index (Phi) is 10.1. The van der Waals surface area contributed by atoms with Crippen LogP contribution in [0.3, 0.4) is 0 Å². The van der Waals surface area contributed by atoms with E-state index >= 15 is 0 Å². The maximum Gasteiger partial charge on any atom is 0.104 e. The van der Waals surface area contributed by atoms with E-state index in [2.05, 4.69) is 13.0 Å². The van der Waals surface area contributed by atoms with Crippen molar-refractivity contribution >= 4 is 0 Å². The van der Waals surface area contributed by atoms with Gasteiger partial charge < -0.3 is 15.2 Å². The van der Waals surface area contributed by atoms with Gasteiger partial charge in [-0.05, 0) is 25.7 Å². The fourth-order valence-electron chi connectivity index (χ4n) is 1.37. The summed E-state index contributed by atoms with van der Waals surface area (Å²) in [7, 11) is 0. The Morgan fingerprint density at radius 2 is 1.65 bits per heavy atom. The van der Waals surface area contributed by atoms with Gasteiger partial charge in [0.05, 0.1) is 19.3 Å². The van der Waals surface area contributed by atoms with Crippen LogP contribution in [0.15, 0.2) is 0 Å². The number of nitriles is 1. The second kappa shape index (κ2) is 10.5. The molecule has 100 valence electrons. The SMILES string of the molecule is CCCCOCCOCCCC(N)(C#N)CC. The predicted molar refractivity (Wildman–Crippen MR) is 68.6 cm³/mol. The van der Waals surface area contributed by atoms with Crippen molar-refractivity contribution in [3.05, 3.63) is 0 Å². The third-order valence-corrected chi connectivity index (χ3v) is 2.78. The van der Waals surface area contributed by atoms with E-state index in [4.69, 9.17) is 20.5 Å². The fourth-order valence-corrected chi connectivity index (χ4v) is 1.37. The molecule has 0 aromatic heterocycles. The van der Waals surface area contributed by atoms with Crippen LogP contribution in [0.2, 0.25) is 0 Å². The summed E-state index contributed by atoms with van der Waals surface area (Å²) in [5, 5.41) is 8.87. The highest BCUT2D eigenvalue weighted by Crippen LogP contribution is 2.12. The Hall–Kier alpha value is -0.630. The van der Waals surface area contributed by atoms with Crippen LogP contribution < -0.4 is 5.73 Å². The Bertz CT molecular complexity index is 216. The predicted octanol–water partition coefficient (Wildman–Crippen LogP) is 2.23. The number of unbranched alkanes of at least 4 members (excludes halogenated alkanes) is 1. The number of nitrogens with zero attached hydrogens (tertiary/aromatic N) is 1. The third kappa shape index (κ3) is 9.11. The molecule has 0 rings (SSSR count). The molecular weight excluding hydrogens is 216 g/mol. The van der Waals surface area contributed by atoms with E-state index in [-0.39, 0.29) is 0 Å². The number of hydrogen-bond donors (Lipinski definition) is 1. The highest BCUT2D eigenvalue weighted by Gasteiger charge is 2.20. The normalized spacial score (nSPS) is 14.2. The summed E-state index contributed by atoms with van der Waals surface area (Å²) < 4.78 is 10.8. The molecule has 0 aromatic carbocycles. The number of nitrogens with two attached hydrogens (primary N) is 1. The van der Waals surface area contributed by atoms with E-state index < -0.39 is 5.54 Å². The van der Waals surface area contributed by atoms with Gasteiger partial charge in [0.1, 0.15) is 5.54 Å². The Morgan fingerprint density at radius 3 is 2.12 bits per heavy atom. The standard InChI is InChI=1S/C13H26N2O2/c1-3-5-8-16-10-11-17-9-6-7-13(15,4-2)12-14/h3-11,15H2,1-2H3. The first-order chi connectivity index (χ1) is 8.18. The van der Waals surface area contributed by atoms with Crippen molar-refractivity contribution in [2.75, 3.05) is 26.4 Å². The minimum absolute atomic E-state index is 0.625. The molecule has 1 atom stereocenters. The lowest BCUT2D eigenvalue weighted by Crippen LogP contribution is -2.37. The summed E-state index contributed by atoms with van der Waals surface area (Å²) >= 11 is 0. The summed E-state index contributed by atoms with van der Waals surface area (Å²) in [6.07, 6.45) is 4.46. The molecule has 0 fully saturated rings. The smallest absolute Gasteiger partial charge is 0.104 e. The first kappa shape index (κ1) is 16.4. The molecule has 0 aliphatic rings. The van der Waals surface area contributed by atoms with Gasteiger partial charge >= 0.3 is 0 Å².